The SMILES string of the molecule is CC1(C)COc2ccc(C3(C(=O)O)CC3)cc21.COC(=O)C1(c2ccc3c(c2)C(C)(C)CO3)CC1.[Li+].[OH-]. The first-order valence-electron chi connectivity index (χ1n) is 12.3. The second-order valence-corrected chi connectivity index (χ2v) is 11.7. The zero-order valence-electron chi connectivity index (χ0n) is 22.6. The molecule has 2 saturated carbocycles. The Morgan fingerprint density at radius 3 is 1.54 bits per heavy atom. The van der Waals surface area contributed by atoms with Crippen molar-refractivity contribution in [1.29, 1.82) is 0 Å². The molecule has 0 unspecified atom stereocenters. The Morgan fingerprint density at radius 1 is 0.784 bits per heavy atom. The Hall–Kier alpha value is -2.46. The van der Waals surface area contributed by atoms with Crippen molar-refractivity contribution in [3.63, 3.8) is 0 Å². The third kappa shape index (κ3) is 4.78. The number of carboxylic acid groups (broad SMARTS) is 1. The smallest absolute Gasteiger partial charge is 0.870 e. The van der Waals surface area contributed by atoms with E-state index in [0.717, 1.165) is 53.9 Å². The molecule has 8 heteroatoms. The summed E-state index contributed by atoms with van der Waals surface area (Å²) in [6, 6.07) is 12.0. The summed E-state index contributed by atoms with van der Waals surface area (Å²) in [5.41, 5.74) is 3.36. The number of rotatable bonds is 4. The first-order chi connectivity index (χ1) is 16.4. The molecule has 2 heterocycles. The van der Waals surface area contributed by atoms with E-state index in [1.165, 1.54) is 12.7 Å². The number of aliphatic carboxylic acids is 1. The van der Waals surface area contributed by atoms with E-state index < -0.39 is 11.4 Å². The molecule has 0 radical (unpaired) electrons. The number of carboxylic acids is 1. The molecule has 4 aliphatic rings. The predicted octanol–water partition coefficient (Wildman–Crippen LogP) is 1.86. The molecule has 0 saturated heterocycles. The zero-order valence-corrected chi connectivity index (χ0v) is 22.6. The summed E-state index contributed by atoms with van der Waals surface area (Å²) in [7, 11) is 1.46. The fourth-order valence-electron chi connectivity index (χ4n) is 5.32. The average Bonchev–Trinajstić information content (AvgIpc) is 3.75. The summed E-state index contributed by atoms with van der Waals surface area (Å²) in [5, 5.41) is 9.30. The van der Waals surface area contributed by atoms with Crippen molar-refractivity contribution in [2.75, 3.05) is 20.3 Å². The minimum atomic E-state index is -0.700. The van der Waals surface area contributed by atoms with Crippen LogP contribution in [0.3, 0.4) is 0 Å². The monoisotopic (exact) mass is 502 g/mol. The van der Waals surface area contributed by atoms with Crippen molar-refractivity contribution in [2.45, 2.75) is 75.0 Å². The number of fused-ring (bicyclic) bond motifs is 2. The van der Waals surface area contributed by atoms with Gasteiger partial charge in [0.05, 0.1) is 31.2 Å². The van der Waals surface area contributed by atoms with Gasteiger partial charge >= 0.3 is 30.8 Å². The summed E-state index contributed by atoms with van der Waals surface area (Å²) >= 11 is 0. The van der Waals surface area contributed by atoms with Crippen molar-refractivity contribution in [2.24, 2.45) is 0 Å². The minimum absolute atomic E-state index is 0. The zero-order chi connectivity index (χ0) is 25.2. The fraction of sp³-hybridized carbons (Fsp3) is 0.517. The number of carbonyl (C=O) groups excluding carboxylic acids is 1. The molecule has 2 aromatic carbocycles. The molecule has 194 valence electrons. The molecular formula is C29H35LiO7. The Kier molecular flexibility index (Phi) is 7.62. The fourth-order valence-corrected chi connectivity index (χ4v) is 5.32. The summed E-state index contributed by atoms with van der Waals surface area (Å²) < 4.78 is 16.2. The van der Waals surface area contributed by atoms with E-state index in [1.54, 1.807) is 0 Å². The molecule has 2 fully saturated rings. The van der Waals surface area contributed by atoms with Crippen LogP contribution in [0.4, 0.5) is 0 Å². The first kappa shape index (κ1) is 29.1. The normalized spacial score (nSPS) is 21.1. The van der Waals surface area contributed by atoms with Crippen LogP contribution in [0.15, 0.2) is 36.4 Å². The molecule has 0 bridgehead atoms. The second kappa shape index (κ2) is 9.69. The molecule has 2 N–H and O–H groups in total. The molecule has 0 aromatic heterocycles. The van der Waals surface area contributed by atoms with Gasteiger partial charge in [0, 0.05) is 22.0 Å². The molecule has 0 amide bonds. The minimum Gasteiger partial charge on any atom is -0.870 e. The Morgan fingerprint density at radius 2 is 1.19 bits per heavy atom. The van der Waals surface area contributed by atoms with Gasteiger partial charge in [-0.25, -0.2) is 0 Å². The first-order valence-corrected chi connectivity index (χ1v) is 12.3. The second-order valence-electron chi connectivity index (χ2n) is 11.7. The number of carbonyl (C=O) groups is 2. The van der Waals surface area contributed by atoms with Gasteiger partial charge in [-0.3, -0.25) is 9.59 Å². The van der Waals surface area contributed by atoms with E-state index in [1.807, 2.05) is 30.3 Å². The third-order valence-corrected chi connectivity index (χ3v) is 8.19. The molecule has 2 aliphatic carbocycles. The summed E-state index contributed by atoms with van der Waals surface area (Å²) in [6.07, 6.45) is 3.28. The van der Waals surface area contributed by atoms with Crippen LogP contribution < -0.4 is 28.3 Å². The van der Waals surface area contributed by atoms with Crippen molar-refractivity contribution < 1.29 is 53.2 Å². The standard InChI is InChI=1S/C15H18O3.C14H16O3.Li.H2O/c1-14(2)9-18-12-5-4-10(8-11(12)14)15(6-7-15)13(16)17-3;1-13(2)8-17-11-4-3-9(7-10(11)13)14(5-6-14)12(15)16;;/h4-5,8H,6-7,9H2,1-3H3;3-4,7H,5-6,8H2,1-2H3,(H,15,16);;1H2/q;;+1;/p-1. The van der Waals surface area contributed by atoms with Gasteiger partial charge in [-0.05, 0) is 48.9 Å². The van der Waals surface area contributed by atoms with Gasteiger partial charge < -0.3 is 24.8 Å². The molecule has 0 spiro atoms. The van der Waals surface area contributed by atoms with Crippen LogP contribution in [0.2, 0.25) is 0 Å². The number of methoxy groups -OCH3 is 1. The molecule has 37 heavy (non-hydrogen) atoms. The third-order valence-electron chi connectivity index (χ3n) is 8.19. The van der Waals surface area contributed by atoms with Gasteiger partial charge in [0.15, 0.2) is 0 Å². The maximum atomic E-state index is 11.9. The van der Waals surface area contributed by atoms with Crippen LogP contribution in [0.1, 0.15) is 75.6 Å². The van der Waals surface area contributed by atoms with Crippen LogP contribution in [0.25, 0.3) is 0 Å². The van der Waals surface area contributed by atoms with Gasteiger partial charge in [-0.1, -0.05) is 52.0 Å². The number of hydrogen-bond donors (Lipinski definition) is 1. The van der Waals surface area contributed by atoms with Crippen molar-refractivity contribution in [3.8, 4) is 11.5 Å². The van der Waals surface area contributed by atoms with E-state index in [4.69, 9.17) is 14.2 Å². The van der Waals surface area contributed by atoms with Crippen molar-refractivity contribution >= 4 is 11.9 Å². The Bertz CT molecular complexity index is 1210. The van der Waals surface area contributed by atoms with Crippen LogP contribution in [0, 0.1) is 0 Å². The van der Waals surface area contributed by atoms with Gasteiger partial charge in [0.2, 0.25) is 0 Å². The summed E-state index contributed by atoms with van der Waals surface area (Å²) in [6.45, 7) is 9.97. The van der Waals surface area contributed by atoms with Gasteiger partial charge in [0.25, 0.3) is 0 Å². The number of ether oxygens (including phenoxy) is 3. The van der Waals surface area contributed by atoms with E-state index in [9.17, 15) is 14.7 Å². The largest absolute Gasteiger partial charge is 1.00 e. The Balaban J connectivity index is 0.000000195. The number of hydrogen-bond acceptors (Lipinski definition) is 6. The van der Waals surface area contributed by atoms with Crippen molar-refractivity contribution in [3.05, 3.63) is 58.7 Å². The van der Waals surface area contributed by atoms with Gasteiger partial charge in [-0.15, -0.1) is 0 Å². The maximum absolute atomic E-state index is 11.9. The Labute approximate surface area is 230 Å². The number of benzene rings is 2. The van der Waals surface area contributed by atoms with Gasteiger partial charge in [0.1, 0.15) is 11.5 Å². The van der Waals surface area contributed by atoms with Crippen molar-refractivity contribution in [1.82, 2.24) is 0 Å². The van der Waals surface area contributed by atoms with E-state index in [-0.39, 0.29) is 46.6 Å². The topological polar surface area (TPSA) is 112 Å². The molecule has 2 aromatic rings. The average molecular weight is 503 g/mol. The van der Waals surface area contributed by atoms with Crippen LogP contribution >= 0.6 is 0 Å². The number of esters is 1. The van der Waals surface area contributed by atoms with E-state index in [0.29, 0.717) is 13.2 Å². The van der Waals surface area contributed by atoms with E-state index >= 15 is 0 Å². The molecule has 2 aliphatic heterocycles. The van der Waals surface area contributed by atoms with Crippen LogP contribution in [0.5, 0.6) is 11.5 Å². The quantitative estimate of drug-likeness (QED) is 0.502. The molecular weight excluding hydrogens is 467 g/mol. The molecule has 0 atom stereocenters. The van der Waals surface area contributed by atoms with Crippen LogP contribution in [-0.2, 0) is 36.0 Å². The molecule has 7 nitrogen and oxygen atoms in total. The predicted molar refractivity (Wildman–Crippen MR) is 133 cm³/mol. The van der Waals surface area contributed by atoms with Gasteiger partial charge in [-0.2, -0.15) is 0 Å². The van der Waals surface area contributed by atoms with E-state index in [2.05, 4.69) is 33.8 Å². The molecule has 6 rings (SSSR count). The van der Waals surface area contributed by atoms with Crippen LogP contribution in [-0.4, -0.2) is 42.8 Å². The summed E-state index contributed by atoms with van der Waals surface area (Å²) in [4.78, 5) is 23.2. The maximum Gasteiger partial charge on any atom is 1.00 e. The summed E-state index contributed by atoms with van der Waals surface area (Å²) in [5.74, 6) is 1.04.